The van der Waals surface area contributed by atoms with E-state index in [0.717, 1.165) is 52.2 Å². The third-order valence-electron chi connectivity index (χ3n) is 15.5. The summed E-state index contributed by atoms with van der Waals surface area (Å²) in [6, 6.07) is 59.9. The Bertz CT molecular complexity index is 2890. The Kier molecular flexibility index (Phi) is 32.3. The molecule has 3 aliphatic carbocycles. The molecule has 1 heterocycles. The van der Waals surface area contributed by atoms with Gasteiger partial charge in [0.1, 0.15) is 17.2 Å². The number of aliphatic imine (C=N–C) groups is 2. The summed E-state index contributed by atoms with van der Waals surface area (Å²) in [5, 5.41) is 29.6. The number of hydrogen-bond acceptors (Lipinski definition) is 11. The van der Waals surface area contributed by atoms with Crippen LogP contribution >= 0.6 is 0 Å². The second-order valence-corrected chi connectivity index (χ2v) is 21.6. The van der Waals surface area contributed by atoms with E-state index in [4.69, 9.17) is 47.5 Å². The van der Waals surface area contributed by atoms with Crippen LogP contribution in [0.4, 0.5) is 0 Å². The zero-order valence-corrected chi connectivity index (χ0v) is 50.8. The van der Waals surface area contributed by atoms with Gasteiger partial charge >= 0.3 is 12.1 Å². The predicted octanol–water partition coefficient (Wildman–Crippen LogP) is 14.3. The Labute approximate surface area is 512 Å². The van der Waals surface area contributed by atoms with Gasteiger partial charge in [0, 0.05) is 42.5 Å². The maximum absolute atomic E-state index is 9.01. The molecule has 7 N–H and O–H groups in total. The average molecular weight is 1160 g/mol. The third-order valence-corrected chi connectivity index (χ3v) is 15.5. The Morgan fingerprint density at radius 1 is 0.500 bits per heavy atom. The molecule has 15 heteroatoms. The van der Waals surface area contributed by atoms with Gasteiger partial charge in [-0.15, -0.1) is 4.95 Å². The van der Waals surface area contributed by atoms with E-state index < -0.39 is 0 Å². The van der Waals surface area contributed by atoms with Crippen LogP contribution in [-0.4, -0.2) is 64.0 Å². The number of para-hydroxylation sites is 3. The maximum atomic E-state index is 9.01. The van der Waals surface area contributed by atoms with Gasteiger partial charge in [0.05, 0.1) is 13.1 Å². The summed E-state index contributed by atoms with van der Waals surface area (Å²) in [4.78, 5) is 12.2. The van der Waals surface area contributed by atoms with Crippen LogP contribution in [0.15, 0.2) is 197 Å². The van der Waals surface area contributed by atoms with Crippen LogP contribution < -0.4 is 41.6 Å². The molecule has 4 aliphatic rings. The Hall–Kier alpha value is -8.52. The molecule has 86 heavy (non-hydrogen) atoms. The van der Waals surface area contributed by atoms with Crippen LogP contribution in [0.25, 0.3) is 4.95 Å². The van der Waals surface area contributed by atoms with E-state index in [2.05, 4.69) is 121 Å². The summed E-state index contributed by atoms with van der Waals surface area (Å²) < 4.78 is 21.4. The first-order valence-corrected chi connectivity index (χ1v) is 30.7. The van der Waals surface area contributed by atoms with Crippen molar-refractivity contribution in [1.82, 2.24) is 16.0 Å². The monoisotopic (exact) mass is 1160 g/mol. The van der Waals surface area contributed by atoms with Crippen molar-refractivity contribution in [3.63, 3.8) is 0 Å². The number of nitriles is 2. The highest BCUT2D eigenvalue weighted by atomic mass is 16.7. The van der Waals surface area contributed by atoms with Gasteiger partial charge in [-0.1, -0.05) is 210 Å². The molecule has 454 valence electrons. The minimum Gasteiger partial charge on any atom is -0.425 e. The molecule has 6 aromatic carbocycles. The summed E-state index contributed by atoms with van der Waals surface area (Å²) >= 11 is 0. The molecule has 10 rings (SSSR count). The fourth-order valence-corrected chi connectivity index (χ4v) is 11.1. The molecule has 15 nitrogen and oxygen atoms in total. The molecule has 0 atom stereocenters. The van der Waals surface area contributed by atoms with Crippen molar-refractivity contribution < 1.29 is 18.9 Å². The maximum Gasteiger partial charge on any atom is 0.475 e. The molecule has 1 aliphatic heterocycles. The van der Waals surface area contributed by atoms with Gasteiger partial charge < -0.3 is 35.7 Å². The molecule has 0 spiro atoms. The average Bonchev–Trinajstić information content (AvgIpc) is 4.11. The quantitative estimate of drug-likeness (QED) is 0.0194. The molecule has 6 aromatic rings. The number of hydrogen-bond donors (Lipinski definition) is 5. The lowest BCUT2D eigenvalue weighted by Gasteiger charge is -2.36. The van der Waals surface area contributed by atoms with E-state index in [1.165, 1.54) is 113 Å². The SMILES string of the molecule is C1CCOC1.CCN.CCNC(=NCC1(c2ccccc2)CCCCC1)NC#N.N#CNC(=NCC1(c2ccccc2)CCCCC1)Oc1ccccc1.NCC1(c2ccccc2)CCCCC1.[C-]#[N+]N=C(Oc1ccccc1)Oc1ccccc1. The van der Waals surface area contributed by atoms with E-state index in [-0.39, 0.29) is 22.9 Å². The molecule has 4 fully saturated rings. The van der Waals surface area contributed by atoms with Gasteiger partial charge in [-0.25, -0.2) is 10.3 Å². The highest BCUT2D eigenvalue weighted by Gasteiger charge is 2.35. The van der Waals surface area contributed by atoms with Crippen LogP contribution in [0.3, 0.4) is 0 Å². The summed E-state index contributed by atoms with van der Waals surface area (Å²) in [6.45, 7) is 16.3. The van der Waals surface area contributed by atoms with E-state index in [1.807, 2.05) is 99.0 Å². The smallest absolute Gasteiger partial charge is 0.425 e. The fraction of sp³-hybridized carbons (Fsp3) is 0.408. The lowest BCUT2D eigenvalue weighted by Crippen LogP contribution is -2.38. The Morgan fingerprint density at radius 2 is 0.849 bits per heavy atom. The van der Waals surface area contributed by atoms with Crippen LogP contribution in [0.1, 0.15) is 140 Å². The van der Waals surface area contributed by atoms with Crippen LogP contribution in [0.2, 0.25) is 0 Å². The lowest BCUT2D eigenvalue weighted by molar-refractivity contribution is 0.198. The molecule has 0 radical (unpaired) electrons. The van der Waals surface area contributed by atoms with Crippen molar-refractivity contribution in [3.05, 3.63) is 210 Å². The number of nitrogens with zero attached hydrogens (tertiary/aromatic N) is 6. The first-order chi connectivity index (χ1) is 42.3. The van der Waals surface area contributed by atoms with Gasteiger partial charge in [0.15, 0.2) is 17.5 Å². The van der Waals surface area contributed by atoms with Gasteiger partial charge in [-0.05, 0) is 118 Å². The predicted molar refractivity (Wildman–Crippen MR) is 348 cm³/mol. The highest BCUT2D eigenvalue weighted by Crippen LogP contribution is 2.41. The first kappa shape index (κ1) is 68.3. The minimum atomic E-state index is -0.0950. The van der Waals surface area contributed by atoms with E-state index in [1.54, 1.807) is 24.3 Å². The Morgan fingerprint density at radius 3 is 1.19 bits per heavy atom. The molecule has 0 bridgehead atoms. The van der Waals surface area contributed by atoms with Crippen LogP contribution in [0.5, 0.6) is 17.2 Å². The third kappa shape index (κ3) is 24.2. The number of guanidine groups is 1. The number of rotatable bonds is 12. The summed E-state index contributed by atoms with van der Waals surface area (Å²) in [7, 11) is 0. The number of nitrogens with one attached hydrogen (secondary N) is 3. The van der Waals surface area contributed by atoms with Crippen molar-refractivity contribution in [2.24, 2.45) is 26.6 Å². The molecule has 0 aromatic heterocycles. The molecule has 0 amide bonds. The van der Waals surface area contributed by atoms with Crippen molar-refractivity contribution >= 4 is 18.1 Å². The fourth-order valence-electron chi connectivity index (χ4n) is 11.1. The molecule has 0 unspecified atom stereocenters. The number of amidine groups is 1. The van der Waals surface area contributed by atoms with Crippen LogP contribution in [-0.2, 0) is 21.0 Å². The van der Waals surface area contributed by atoms with Crippen molar-refractivity contribution in [2.45, 2.75) is 139 Å². The summed E-state index contributed by atoms with van der Waals surface area (Å²) in [5.41, 5.74) is 15.4. The second-order valence-electron chi connectivity index (χ2n) is 21.6. The van der Waals surface area contributed by atoms with E-state index in [0.29, 0.717) is 35.2 Å². The van der Waals surface area contributed by atoms with Gasteiger partial charge in [-0.2, -0.15) is 17.1 Å². The first-order valence-electron chi connectivity index (χ1n) is 30.7. The standard InChI is InChI=1S/C21H23N3O.C17H24N4.C14H10N2O2.C13H19N.C4H8O.C2H7N/c22-17-24-20(25-19-12-6-2-7-13-19)23-16-21(14-8-3-9-15-21)18-10-4-1-5-11-18;1-2-19-16(21-14-18)20-13-17(11-7-4-8-12-17)15-9-5-3-6-10-15;1-15-16-14(17-12-8-4-2-5-9-12)18-13-10-6-3-7-11-13;14-11-13(9-5-2-6-10-13)12-7-3-1-4-8-12;1-2-4-5-3-1;1-2-3/h1-2,4-7,10-13H,3,8-9,14-16H2,(H,23,24);3,5-6,9-10H,2,4,7-8,11-13H2,1H3,(H2,19,20,21);2-11H;1,3-4,7-8H,2,5-6,9-11,14H2;1-4H2;2-3H2,1H3. The van der Waals surface area contributed by atoms with Gasteiger partial charge in [0.25, 0.3) is 0 Å². The number of ether oxygens (including phenoxy) is 4. The zero-order valence-electron chi connectivity index (χ0n) is 50.8. The highest BCUT2D eigenvalue weighted by molar-refractivity contribution is 5.81. The summed E-state index contributed by atoms with van der Waals surface area (Å²) in [5.74, 6) is 2.38. The van der Waals surface area contributed by atoms with Gasteiger partial charge in [-0.3, -0.25) is 10.3 Å². The van der Waals surface area contributed by atoms with E-state index >= 15 is 0 Å². The second kappa shape index (κ2) is 40.7. The lowest BCUT2D eigenvalue weighted by atomic mass is 9.69. The van der Waals surface area contributed by atoms with Crippen molar-refractivity contribution in [2.75, 3.05) is 45.9 Å². The number of nitrogens with two attached hydrogens (primary N) is 2. The minimum absolute atomic E-state index is 0.0297. The van der Waals surface area contributed by atoms with E-state index in [9.17, 15) is 0 Å². The molecule has 3 saturated carbocycles. The molecular formula is C71H91N11O4. The normalized spacial score (nSPS) is 16.1. The van der Waals surface area contributed by atoms with Gasteiger partial charge in [0.2, 0.25) is 5.96 Å². The number of benzene rings is 6. The largest absolute Gasteiger partial charge is 0.475 e. The topological polar surface area (TPSA) is 214 Å². The Balaban J connectivity index is 0.000000203. The van der Waals surface area contributed by atoms with Crippen LogP contribution in [0, 0.1) is 29.5 Å². The van der Waals surface area contributed by atoms with Crippen molar-refractivity contribution in [1.29, 1.82) is 10.5 Å². The van der Waals surface area contributed by atoms with Crippen molar-refractivity contribution in [3.8, 4) is 29.6 Å². The summed E-state index contributed by atoms with van der Waals surface area (Å²) in [6.07, 6.45) is 25.1. The molecule has 1 saturated heterocycles. The zero-order chi connectivity index (χ0) is 61.1. The molecular weight excluding hydrogens is 1070 g/mol.